The zero-order chi connectivity index (χ0) is 32.2. The average molecular weight is 645 g/mol. The average Bonchev–Trinajstić information content (AvgIpc) is 3.41. The number of aryl methyl sites for hydroxylation is 2. The minimum atomic E-state index is -0.431. The predicted molar refractivity (Wildman–Crippen MR) is 188 cm³/mol. The largest absolute Gasteiger partial charge is 0.396 e. The third-order valence-corrected chi connectivity index (χ3v) is 11.4. The van der Waals surface area contributed by atoms with Gasteiger partial charge in [-0.25, -0.2) is 0 Å². The fourth-order valence-electron chi connectivity index (χ4n) is 7.61. The summed E-state index contributed by atoms with van der Waals surface area (Å²) in [5.74, 6) is 0.829. The van der Waals surface area contributed by atoms with Crippen LogP contribution in [0.25, 0.3) is 0 Å². The molecule has 0 amide bonds. The third kappa shape index (κ3) is 8.82. The number of aliphatic hydroxyl groups excluding tert-OH is 1. The molecule has 2 saturated carbocycles. The molecule has 3 aliphatic rings. The Balaban J connectivity index is 0.000000201. The Kier molecular flexibility index (Phi) is 12.0. The van der Waals surface area contributed by atoms with Gasteiger partial charge in [0, 0.05) is 33.5 Å². The second kappa shape index (κ2) is 14.8. The summed E-state index contributed by atoms with van der Waals surface area (Å²) in [5.41, 5.74) is 12.1. The molecule has 2 aromatic carbocycles. The zero-order valence-electron chi connectivity index (χ0n) is 28.4. The molecule has 44 heavy (non-hydrogen) atoms. The van der Waals surface area contributed by atoms with Crippen LogP contribution in [0.2, 0.25) is 10.0 Å². The van der Waals surface area contributed by atoms with Crippen molar-refractivity contribution in [2.24, 2.45) is 28.4 Å². The summed E-state index contributed by atoms with van der Waals surface area (Å²) in [7, 11) is 0. The predicted octanol–water partition coefficient (Wildman–Crippen LogP) is 10.4. The van der Waals surface area contributed by atoms with E-state index < -0.39 is 5.54 Å². The van der Waals surface area contributed by atoms with Gasteiger partial charge < -0.3 is 15.6 Å². The van der Waals surface area contributed by atoms with Crippen LogP contribution in [0.5, 0.6) is 0 Å². The summed E-state index contributed by atoms with van der Waals surface area (Å²) in [6, 6.07) is 13.1. The fraction of sp³-hybridized carbons (Fsp3) is 0.692. The highest BCUT2D eigenvalue weighted by Crippen LogP contribution is 2.48. The SMILES string of the molecule is CC(C)(C)CCc1ccc(C2(N)CCCCC2CO)cc1Cl.CC(C)(C)CCc1ccc(C23CCCCC2COC3)cc1Cl. The number of ether oxygens (including phenoxy) is 1. The number of aliphatic hydroxyl groups is 1. The van der Waals surface area contributed by atoms with Crippen molar-refractivity contribution in [3.8, 4) is 0 Å². The van der Waals surface area contributed by atoms with Gasteiger partial charge in [-0.05, 0) is 103 Å². The maximum atomic E-state index is 9.67. The lowest BCUT2D eigenvalue weighted by atomic mass is 9.64. The lowest BCUT2D eigenvalue weighted by Crippen LogP contribution is -2.47. The molecule has 4 unspecified atom stereocenters. The number of hydrogen-bond acceptors (Lipinski definition) is 3. The van der Waals surface area contributed by atoms with Gasteiger partial charge in [-0.1, -0.05) is 115 Å². The number of nitrogens with two attached hydrogens (primary N) is 1. The minimum absolute atomic E-state index is 0.137. The molecule has 0 aromatic heterocycles. The topological polar surface area (TPSA) is 55.5 Å². The highest BCUT2D eigenvalue weighted by atomic mass is 35.5. The van der Waals surface area contributed by atoms with E-state index >= 15 is 0 Å². The van der Waals surface area contributed by atoms with Crippen molar-refractivity contribution < 1.29 is 9.84 Å². The second-order valence-corrected chi connectivity index (χ2v) is 17.3. The van der Waals surface area contributed by atoms with Gasteiger partial charge in [-0.3, -0.25) is 0 Å². The first kappa shape index (κ1) is 35.7. The molecule has 0 spiro atoms. The molecule has 0 radical (unpaired) electrons. The molecular weight excluding hydrogens is 585 g/mol. The van der Waals surface area contributed by atoms with E-state index in [1.807, 2.05) is 6.07 Å². The van der Waals surface area contributed by atoms with Crippen molar-refractivity contribution in [2.75, 3.05) is 19.8 Å². The Morgan fingerprint density at radius 3 is 1.91 bits per heavy atom. The molecule has 5 rings (SSSR count). The summed E-state index contributed by atoms with van der Waals surface area (Å²) in [6.45, 7) is 15.6. The van der Waals surface area contributed by atoms with E-state index in [9.17, 15) is 5.11 Å². The van der Waals surface area contributed by atoms with Gasteiger partial charge in [0.2, 0.25) is 0 Å². The van der Waals surface area contributed by atoms with Crippen molar-refractivity contribution in [1.29, 1.82) is 0 Å². The van der Waals surface area contributed by atoms with Crippen molar-refractivity contribution in [3.63, 3.8) is 0 Å². The number of benzene rings is 2. The lowest BCUT2D eigenvalue weighted by molar-refractivity contribution is 0.108. The molecule has 3 fully saturated rings. The van der Waals surface area contributed by atoms with Crippen LogP contribution in [0.4, 0.5) is 0 Å². The van der Waals surface area contributed by atoms with E-state index in [1.54, 1.807) is 0 Å². The van der Waals surface area contributed by atoms with Gasteiger partial charge in [-0.2, -0.15) is 0 Å². The van der Waals surface area contributed by atoms with E-state index in [2.05, 4.69) is 71.9 Å². The van der Waals surface area contributed by atoms with Crippen LogP contribution in [0.15, 0.2) is 36.4 Å². The van der Waals surface area contributed by atoms with Gasteiger partial charge in [0.15, 0.2) is 0 Å². The second-order valence-electron chi connectivity index (χ2n) is 16.5. The Labute approximate surface area is 278 Å². The summed E-state index contributed by atoms with van der Waals surface area (Å²) in [5, 5.41) is 11.4. The van der Waals surface area contributed by atoms with E-state index in [0.717, 1.165) is 73.8 Å². The Morgan fingerprint density at radius 1 is 0.795 bits per heavy atom. The molecule has 1 aliphatic heterocycles. The van der Waals surface area contributed by atoms with E-state index in [4.69, 9.17) is 33.7 Å². The maximum absolute atomic E-state index is 9.67. The molecule has 2 aliphatic carbocycles. The molecule has 4 atom stereocenters. The number of rotatable bonds is 7. The van der Waals surface area contributed by atoms with Gasteiger partial charge in [0.05, 0.1) is 13.2 Å². The molecule has 246 valence electrons. The standard InChI is InChI=1S/C20H29ClO.C19H30ClNO/c1-19(2,3)11-9-15-7-8-16(12-18(15)21)20-10-5-4-6-17(20)13-22-14-20;1-18(2,3)11-9-14-7-8-15(12-17(14)20)19(21)10-5-4-6-16(19)13-22/h7-8,12,17H,4-6,9-11,13-14H2,1-3H3;7-8,12,16,22H,4-6,9-11,13,21H2,1-3H3. The quantitative estimate of drug-likeness (QED) is 0.315. The van der Waals surface area contributed by atoms with Gasteiger partial charge in [0.1, 0.15) is 0 Å². The van der Waals surface area contributed by atoms with Crippen LogP contribution in [0, 0.1) is 22.7 Å². The van der Waals surface area contributed by atoms with Crippen LogP contribution in [-0.4, -0.2) is 24.9 Å². The van der Waals surface area contributed by atoms with Gasteiger partial charge in [0.25, 0.3) is 0 Å². The van der Waals surface area contributed by atoms with Crippen LogP contribution >= 0.6 is 23.2 Å². The van der Waals surface area contributed by atoms with Crippen LogP contribution in [0.3, 0.4) is 0 Å². The van der Waals surface area contributed by atoms with E-state index in [-0.39, 0.29) is 17.9 Å². The van der Waals surface area contributed by atoms with Crippen molar-refractivity contribution in [3.05, 3.63) is 68.7 Å². The Hall–Kier alpha value is -1.10. The van der Waals surface area contributed by atoms with Gasteiger partial charge >= 0.3 is 0 Å². The molecule has 2 aromatic rings. The zero-order valence-corrected chi connectivity index (χ0v) is 29.9. The summed E-state index contributed by atoms with van der Waals surface area (Å²) < 4.78 is 5.87. The molecule has 3 nitrogen and oxygen atoms in total. The molecule has 1 heterocycles. The minimum Gasteiger partial charge on any atom is -0.396 e. The molecule has 5 heteroatoms. The molecule has 1 saturated heterocycles. The molecule has 0 bridgehead atoms. The number of halogens is 2. The Bertz CT molecular complexity index is 1230. The molecule has 3 N–H and O–H groups in total. The highest BCUT2D eigenvalue weighted by molar-refractivity contribution is 6.31. The van der Waals surface area contributed by atoms with Crippen LogP contribution in [0.1, 0.15) is 128 Å². The smallest absolute Gasteiger partial charge is 0.0566 e. The third-order valence-electron chi connectivity index (χ3n) is 10.7. The first-order chi connectivity index (χ1) is 20.7. The maximum Gasteiger partial charge on any atom is 0.0566 e. The number of fused-ring (bicyclic) bond motifs is 1. The van der Waals surface area contributed by atoms with Crippen molar-refractivity contribution >= 4 is 23.2 Å². The first-order valence-corrected chi connectivity index (χ1v) is 18.0. The Morgan fingerprint density at radius 2 is 1.34 bits per heavy atom. The summed E-state index contributed by atoms with van der Waals surface area (Å²) in [4.78, 5) is 0. The van der Waals surface area contributed by atoms with E-state index in [1.165, 1.54) is 48.8 Å². The van der Waals surface area contributed by atoms with Gasteiger partial charge in [-0.15, -0.1) is 0 Å². The first-order valence-electron chi connectivity index (χ1n) is 17.2. The lowest BCUT2D eigenvalue weighted by Gasteiger charge is -2.41. The molecular formula is C39H59Cl2NO2. The summed E-state index contributed by atoms with van der Waals surface area (Å²) >= 11 is 13.1. The fourth-order valence-corrected chi connectivity index (χ4v) is 8.16. The van der Waals surface area contributed by atoms with Crippen molar-refractivity contribution in [2.45, 2.75) is 130 Å². The van der Waals surface area contributed by atoms with Crippen LogP contribution < -0.4 is 5.73 Å². The summed E-state index contributed by atoms with van der Waals surface area (Å²) in [6.07, 6.45) is 13.8. The normalized spacial score (nSPS) is 27.4. The van der Waals surface area contributed by atoms with Crippen molar-refractivity contribution in [1.82, 2.24) is 0 Å². The monoisotopic (exact) mass is 643 g/mol. The van der Waals surface area contributed by atoms with E-state index in [0.29, 0.717) is 16.7 Å². The number of hydrogen-bond donors (Lipinski definition) is 2. The van der Waals surface area contributed by atoms with Crippen LogP contribution in [-0.2, 0) is 28.5 Å². The highest BCUT2D eigenvalue weighted by Gasteiger charge is 2.46.